The molecule has 0 saturated carbocycles. The van der Waals surface area contributed by atoms with Gasteiger partial charge in [-0.25, -0.2) is 18.4 Å². The van der Waals surface area contributed by atoms with Crippen molar-refractivity contribution >= 4 is 32.4 Å². The van der Waals surface area contributed by atoms with Gasteiger partial charge in [-0.1, -0.05) is 18.2 Å². The van der Waals surface area contributed by atoms with Crippen LogP contribution in [0, 0.1) is 0 Å². The number of hydrogen-bond acceptors (Lipinski definition) is 6. The van der Waals surface area contributed by atoms with Crippen molar-refractivity contribution in [3.05, 3.63) is 73.1 Å². The van der Waals surface area contributed by atoms with Crippen molar-refractivity contribution in [3.8, 4) is 11.3 Å². The maximum absolute atomic E-state index is 11.7. The quantitative estimate of drug-likeness (QED) is 0.582. The minimum atomic E-state index is -3.27. The molecule has 0 spiro atoms. The number of rotatable bonds is 4. The number of aromatic nitrogens is 3. The standard InChI is InChI=1S/C20H16N4O2S/c1-27(25,26)17-6-4-5-16(12-17)23-20-22-13-15-11-14(8-9-19(15)24-20)18-7-2-3-10-21-18/h2-13H,1H3,(H,22,23,24). The third-order valence-corrected chi connectivity index (χ3v) is 5.17. The molecule has 0 aliphatic carbocycles. The zero-order valence-electron chi connectivity index (χ0n) is 14.5. The zero-order valence-corrected chi connectivity index (χ0v) is 15.3. The van der Waals surface area contributed by atoms with Crippen molar-refractivity contribution in [2.75, 3.05) is 11.6 Å². The summed E-state index contributed by atoms with van der Waals surface area (Å²) in [6.45, 7) is 0. The third kappa shape index (κ3) is 3.78. The summed E-state index contributed by atoms with van der Waals surface area (Å²) < 4.78 is 23.4. The minimum Gasteiger partial charge on any atom is -0.324 e. The largest absolute Gasteiger partial charge is 0.324 e. The lowest BCUT2D eigenvalue weighted by molar-refractivity contribution is 0.602. The predicted octanol–water partition coefficient (Wildman–Crippen LogP) is 3.84. The van der Waals surface area contributed by atoms with E-state index in [-0.39, 0.29) is 4.90 Å². The summed E-state index contributed by atoms with van der Waals surface area (Å²) in [5.74, 6) is 0.402. The van der Waals surface area contributed by atoms with Gasteiger partial charge in [0.1, 0.15) is 0 Å². The molecule has 1 N–H and O–H groups in total. The summed E-state index contributed by atoms with van der Waals surface area (Å²) in [5, 5.41) is 3.95. The molecule has 7 heteroatoms. The molecule has 27 heavy (non-hydrogen) atoms. The SMILES string of the molecule is CS(=O)(=O)c1cccc(Nc2ncc3cc(-c4ccccn4)ccc3n2)c1. The van der Waals surface area contributed by atoms with Crippen molar-refractivity contribution in [2.45, 2.75) is 4.90 Å². The average molecular weight is 376 g/mol. The molecule has 0 aliphatic rings. The number of pyridine rings is 1. The van der Waals surface area contributed by atoms with E-state index in [1.54, 1.807) is 36.7 Å². The highest BCUT2D eigenvalue weighted by Gasteiger charge is 2.09. The molecular weight excluding hydrogens is 360 g/mol. The Morgan fingerprint density at radius 3 is 2.59 bits per heavy atom. The lowest BCUT2D eigenvalue weighted by atomic mass is 10.1. The summed E-state index contributed by atoms with van der Waals surface area (Å²) in [6, 6.07) is 18.2. The number of fused-ring (bicyclic) bond motifs is 1. The van der Waals surface area contributed by atoms with Crippen LogP contribution < -0.4 is 5.32 Å². The normalized spacial score (nSPS) is 11.4. The molecule has 0 atom stereocenters. The van der Waals surface area contributed by atoms with Crippen molar-refractivity contribution in [1.82, 2.24) is 15.0 Å². The van der Waals surface area contributed by atoms with E-state index in [9.17, 15) is 8.42 Å². The van der Waals surface area contributed by atoms with E-state index in [2.05, 4.69) is 20.3 Å². The predicted molar refractivity (Wildman–Crippen MR) is 106 cm³/mol. The molecule has 0 radical (unpaired) electrons. The number of nitrogens with zero attached hydrogens (tertiary/aromatic N) is 3. The van der Waals surface area contributed by atoms with Gasteiger partial charge in [-0.2, -0.15) is 0 Å². The van der Waals surface area contributed by atoms with Crippen LogP contribution in [-0.4, -0.2) is 29.6 Å². The van der Waals surface area contributed by atoms with Gasteiger partial charge in [0.2, 0.25) is 5.95 Å². The van der Waals surface area contributed by atoms with Crippen molar-refractivity contribution in [2.24, 2.45) is 0 Å². The van der Waals surface area contributed by atoms with E-state index in [0.717, 1.165) is 22.2 Å². The Hall–Kier alpha value is -3.32. The Balaban J connectivity index is 1.65. The molecule has 4 aromatic rings. The van der Waals surface area contributed by atoms with Gasteiger partial charge in [-0.15, -0.1) is 0 Å². The molecule has 4 rings (SSSR count). The van der Waals surface area contributed by atoms with Gasteiger partial charge in [-0.05, 0) is 42.5 Å². The number of anilines is 2. The molecule has 6 nitrogen and oxygen atoms in total. The minimum absolute atomic E-state index is 0.244. The Morgan fingerprint density at radius 2 is 1.81 bits per heavy atom. The fourth-order valence-electron chi connectivity index (χ4n) is 2.72. The summed E-state index contributed by atoms with van der Waals surface area (Å²) in [6.07, 6.45) is 4.67. The van der Waals surface area contributed by atoms with Crippen LogP contribution in [0.25, 0.3) is 22.2 Å². The van der Waals surface area contributed by atoms with E-state index in [1.165, 1.54) is 6.26 Å². The molecule has 2 heterocycles. The number of nitrogens with one attached hydrogen (secondary N) is 1. The fourth-order valence-corrected chi connectivity index (χ4v) is 3.39. The highest BCUT2D eigenvalue weighted by atomic mass is 32.2. The van der Waals surface area contributed by atoms with Crippen molar-refractivity contribution in [3.63, 3.8) is 0 Å². The first kappa shape index (κ1) is 17.1. The summed E-state index contributed by atoms with van der Waals surface area (Å²) in [5.41, 5.74) is 3.28. The molecule has 0 unspecified atom stereocenters. The second-order valence-corrected chi connectivity index (χ2v) is 8.12. The summed E-state index contributed by atoms with van der Waals surface area (Å²) in [7, 11) is -3.27. The highest BCUT2D eigenvalue weighted by Crippen LogP contribution is 2.23. The van der Waals surface area contributed by atoms with Gasteiger partial charge in [0.05, 0.1) is 16.1 Å². The number of hydrogen-bond donors (Lipinski definition) is 1. The maximum Gasteiger partial charge on any atom is 0.227 e. The Kier molecular flexibility index (Phi) is 4.29. The molecular formula is C20H16N4O2S. The zero-order chi connectivity index (χ0) is 18.9. The summed E-state index contributed by atoms with van der Waals surface area (Å²) in [4.78, 5) is 13.4. The third-order valence-electron chi connectivity index (χ3n) is 4.06. The topological polar surface area (TPSA) is 84.8 Å². The Bertz CT molecular complexity index is 1230. The van der Waals surface area contributed by atoms with Crippen LogP contribution in [0.1, 0.15) is 0 Å². The Labute approximate surface area is 156 Å². The van der Waals surface area contributed by atoms with Crippen LogP contribution >= 0.6 is 0 Å². The number of benzene rings is 2. The van der Waals surface area contributed by atoms with E-state index < -0.39 is 9.84 Å². The van der Waals surface area contributed by atoms with Crippen LogP contribution in [0.3, 0.4) is 0 Å². The molecule has 0 aliphatic heterocycles. The average Bonchev–Trinajstić information content (AvgIpc) is 2.68. The lowest BCUT2D eigenvalue weighted by Crippen LogP contribution is -2.00. The van der Waals surface area contributed by atoms with Crippen molar-refractivity contribution < 1.29 is 8.42 Å². The van der Waals surface area contributed by atoms with Gasteiger partial charge in [0.15, 0.2) is 9.84 Å². The second-order valence-electron chi connectivity index (χ2n) is 6.11. The highest BCUT2D eigenvalue weighted by molar-refractivity contribution is 7.90. The molecule has 2 aromatic heterocycles. The van der Waals surface area contributed by atoms with Gasteiger partial charge < -0.3 is 5.32 Å². The van der Waals surface area contributed by atoms with Crippen LogP contribution in [0.5, 0.6) is 0 Å². The number of sulfone groups is 1. The van der Waals surface area contributed by atoms with Crippen LogP contribution in [-0.2, 0) is 9.84 Å². The van der Waals surface area contributed by atoms with Gasteiger partial charge >= 0.3 is 0 Å². The first-order valence-electron chi connectivity index (χ1n) is 8.24. The lowest BCUT2D eigenvalue weighted by Gasteiger charge is -2.08. The fraction of sp³-hybridized carbons (Fsp3) is 0.0500. The molecule has 134 valence electrons. The summed E-state index contributed by atoms with van der Waals surface area (Å²) >= 11 is 0. The molecule has 0 saturated heterocycles. The van der Waals surface area contributed by atoms with E-state index >= 15 is 0 Å². The first-order valence-corrected chi connectivity index (χ1v) is 10.1. The van der Waals surface area contributed by atoms with Gasteiger partial charge in [0, 0.05) is 35.3 Å². The van der Waals surface area contributed by atoms with Gasteiger partial charge in [0.25, 0.3) is 0 Å². The monoisotopic (exact) mass is 376 g/mol. The molecule has 2 aromatic carbocycles. The van der Waals surface area contributed by atoms with Crippen LogP contribution in [0.4, 0.5) is 11.6 Å². The first-order chi connectivity index (χ1) is 13.0. The second kappa shape index (κ2) is 6.77. The molecule has 0 amide bonds. The Morgan fingerprint density at radius 1 is 0.926 bits per heavy atom. The molecule has 0 bridgehead atoms. The van der Waals surface area contributed by atoms with Crippen LogP contribution in [0.15, 0.2) is 78.0 Å². The molecule has 0 fully saturated rings. The van der Waals surface area contributed by atoms with E-state index in [0.29, 0.717) is 11.6 Å². The maximum atomic E-state index is 11.7. The van der Waals surface area contributed by atoms with Crippen LogP contribution in [0.2, 0.25) is 0 Å². The van der Waals surface area contributed by atoms with Gasteiger partial charge in [-0.3, -0.25) is 4.98 Å². The van der Waals surface area contributed by atoms with E-state index in [1.807, 2.05) is 36.4 Å². The van der Waals surface area contributed by atoms with E-state index in [4.69, 9.17) is 0 Å². The smallest absolute Gasteiger partial charge is 0.227 e. The van der Waals surface area contributed by atoms with Crippen molar-refractivity contribution in [1.29, 1.82) is 0 Å².